The van der Waals surface area contributed by atoms with Crippen molar-refractivity contribution in [2.45, 2.75) is 13.8 Å². The van der Waals surface area contributed by atoms with Gasteiger partial charge in [0.15, 0.2) is 5.76 Å². The van der Waals surface area contributed by atoms with Gasteiger partial charge in [-0.05, 0) is 44.2 Å². The van der Waals surface area contributed by atoms with Crippen molar-refractivity contribution >= 4 is 11.9 Å². The second-order valence-electron chi connectivity index (χ2n) is 6.31. The van der Waals surface area contributed by atoms with Crippen molar-refractivity contribution in [3.63, 3.8) is 0 Å². The first kappa shape index (κ1) is 18.5. The van der Waals surface area contributed by atoms with Crippen LogP contribution >= 0.6 is 0 Å². The summed E-state index contributed by atoms with van der Waals surface area (Å²) in [5.74, 6) is 2.12. The smallest absolute Gasteiger partial charge is 0.231 e. The van der Waals surface area contributed by atoms with Crippen LogP contribution < -0.4 is 14.2 Å². The predicted molar refractivity (Wildman–Crippen MR) is 106 cm³/mol. The van der Waals surface area contributed by atoms with E-state index in [1.807, 2.05) is 50.3 Å². The molecule has 0 atom stereocenters. The first-order chi connectivity index (χ1) is 13.1. The molecule has 0 unspecified atom stereocenters. The summed E-state index contributed by atoms with van der Waals surface area (Å²) in [7, 11) is 1.63. The third-order valence-corrected chi connectivity index (χ3v) is 4.05. The minimum Gasteiger partial charge on any atom is -0.496 e. The van der Waals surface area contributed by atoms with Crippen LogP contribution in [0.3, 0.4) is 0 Å². The second kappa shape index (κ2) is 8.41. The number of para-hydroxylation sites is 1. The molecule has 3 rings (SSSR count). The number of Topliss-reactive ketones (excluding diaryl/α,β-unsaturated/α-hetero) is 1. The Morgan fingerprint density at radius 2 is 1.96 bits per heavy atom. The van der Waals surface area contributed by atoms with Crippen molar-refractivity contribution in [3.8, 4) is 17.2 Å². The summed E-state index contributed by atoms with van der Waals surface area (Å²) in [6.07, 6.45) is 7.31. The average Bonchev–Trinajstić information content (AvgIpc) is 2.97. The van der Waals surface area contributed by atoms with E-state index in [1.165, 1.54) is 5.57 Å². The van der Waals surface area contributed by atoms with Crippen LogP contribution in [0.4, 0.5) is 0 Å². The van der Waals surface area contributed by atoms with Gasteiger partial charge in [-0.1, -0.05) is 35.9 Å². The van der Waals surface area contributed by atoms with E-state index >= 15 is 0 Å². The standard InChI is InChI=1S/C23H22O4/c1-16(2)13-14-26-18-11-12-19-22(15-18)27-21(23(19)24)10-6-8-17-7-4-5-9-20(17)25-3/h4-13,15H,14H2,1-3H3. The quantitative estimate of drug-likeness (QED) is 0.522. The Morgan fingerprint density at radius 1 is 1.15 bits per heavy atom. The minimum absolute atomic E-state index is 0.134. The van der Waals surface area contributed by atoms with E-state index in [2.05, 4.69) is 0 Å². The van der Waals surface area contributed by atoms with Gasteiger partial charge in [-0.15, -0.1) is 0 Å². The number of carbonyl (C=O) groups excluding carboxylic acids is 1. The zero-order chi connectivity index (χ0) is 19.2. The van der Waals surface area contributed by atoms with Crippen LogP contribution in [-0.4, -0.2) is 19.5 Å². The maximum absolute atomic E-state index is 12.5. The summed E-state index contributed by atoms with van der Waals surface area (Å²) in [6, 6.07) is 12.9. The molecule has 2 aromatic carbocycles. The molecule has 0 amide bonds. The van der Waals surface area contributed by atoms with Crippen molar-refractivity contribution in [1.29, 1.82) is 0 Å². The zero-order valence-electron chi connectivity index (χ0n) is 15.7. The molecule has 4 heteroatoms. The highest BCUT2D eigenvalue weighted by atomic mass is 16.5. The third-order valence-electron chi connectivity index (χ3n) is 4.05. The number of hydrogen-bond donors (Lipinski definition) is 0. The van der Waals surface area contributed by atoms with Gasteiger partial charge in [-0.2, -0.15) is 0 Å². The number of ether oxygens (including phenoxy) is 3. The summed E-state index contributed by atoms with van der Waals surface area (Å²) in [5.41, 5.74) is 2.66. The molecule has 0 radical (unpaired) electrons. The molecule has 0 fully saturated rings. The molecule has 0 bridgehead atoms. The van der Waals surface area contributed by atoms with Crippen LogP contribution in [0.5, 0.6) is 17.2 Å². The zero-order valence-corrected chi connectivity index (χ0v) is 15.7. The molecular formula is C23H22O4. The Labute approximate surface area is 159 Å². The van der Waals surface area contributed by atoms with Gasteiger partial charge in [0.2, 0.25) is 5.78 Å². The molecule has 0 saturated heterocycles. The van der Waals surface area contributed by atoms with E-state index in [9.17, 15) is 4.79 Å². The van der Waals surface area contributed by atoms with Crippen molar-refractivity contribution in [3.05, 3.63) is 83.2 Å². The van der Waals surface area contributed by atoms with E-state index < -0.39 is 0 Å². The van der Waals surface area contributed by atoms with Crippen LogP contribution in [0.15, 0.2) is 72.0 Å². The van der Waals surface area contributed by atoms with Gasteiger partial charge in [0.05, 0.1) is 12.7 Å². The molecule has 1 aliphatic rings. The Hall–Kier alpha value is -3.27. The van der Waals surface area contributed by atoms with Crippen LogP contribution in [-0.2, 0) is 0 Å². The van der Waals surface area contributed by atoms with Gasteiger partial charge < -0.3 is 14.2 Å². The lowest BCUT2D eigenvalue weighted by molar-refractivity contribution is 0.101. The summed E-state index contributed by atoms with van der Waals surface area (Å²) in [6.45, 7) is 4.52. The molecule has 0 aliphatic carbocycles. The lowest BCUT2D eigenvalue weighted by atomic mass is 10.1. The van der Waals surface area contributed by atoms with E-state index in [-0.39, 0.29) is 11.5 Å². The SMILES string of the molecule is COc1ccccc1C=CC=C1Oc2cc(OCC=C(C)C)ccc2C1=O. The van der Waals surface area contributed by atoms with Gasteiger partial charge >= 0.3 is 0 Å². The molecule has 0 aromatic heterocycles. The van der Waals surface area contributed by atoms with E-state index in [1.54, 1.807) is 37.5 Å². The van der Waals surface area contributed by atoms with Crippen LogP contribution in [0.1, 0.15) is 29.8 Å². The fourth-order valence-corrected chi connectivity index (χ4v) is 2.62. The Bertz CT molecular complexity index is 931. The van der Waals surface area contributed by atoms with Crippen LogP contribution in [0.25, 0.3) is 6.08 Å². The molecule has 1 aliphatic heterocycles. The fourth-order valence-electron chi connectivity index (χ4n) is 2.62. The Balaban J connectivity index is 1.73. The van der Waals surface area contributed by atoms with Crippen molar-refractivity contribution < 1.29 is 19.0 Å². The van der Waals surface area contributed by atoms with Crippen LogP contribution in [0, 0.1) is 0 Å². The number of hydrogen-bond acceptors (Lipinski definition) is 4. The van der Waals surface area contributed by atoms with E-state index in [0.29, 0.717) is 23.7 Å². The van der Waals surface area contributed by atoms with Crippen molar-refractivity contribution in [2.75, 3.05) is 13.7 Å². The van der Waals surface area contributed by atoms with Gasteiger partial charge in [0, 0.05) is 11.6 Å². The average molecular weight is 362 g/mol. The maximum atomic E-state index is 12.5. The van der Waals surface area contributed by atoms with Gasteiger partial charge in [-0.25, -0.2) is 0 Å². The third kappa shape index (κ3) is 4.47. The molecule has 0 saturated carbocycles. The minimum atomic E-state index is -0.134. The fraction of sp³-hybridized carbons (Fsp3) is 0.174. The van der Waals surface area contributed by atoms with Crippen molar-refractivity contribution in [1.82, 2.24) is 0 Å². The number of carbonyl (C=O) groups is 1. The number of benzene rings is 2. The summed E-state index contributed by atoms with van der Waals surface area (Å²) in [4.78, 5) is 12.5. The molecule has 1 heterocycles. The highest BCUT2D eigenvalue weighted by Gasteiger charge is 2.27. The normalized spacial score (nSPS) is 14.2. The highest BCUT2D eigenvalue weighted by Crippen LogP contribution is 2.34. The summed E-state index contributed by atoms with van der Waals surface area (Å²) in [5, 5.41) is 0. The first-order valence-corrected chi connectivity index (χ1v) is 8.72. The number of fused-ring (bicyclic) bond motifs is 1. The molecule has 2 aromatic rings. The molecule has 0 spiro atoms. The maximum Gasteiger partial charge on any atom is 0.231 e. The number of rotatable bonds is 6. The molecule has 27 heavy (non-hydrogen) atoms. The van der Waals surface area contributed by atoms with Gasteiger partial charge in [-0.3, -0.25) is 4.79 Å². The lowest BCUT2D eigenvalue weighted by Crippen LogP contribution is -1.97. The van der Waals surface area contributed by atoms with E-state index in [4.69, 9.17) is 14.2 Å². The Kier molecular flexibility index (Phi) is 5.77. The van der Waals surface area contributed by atoms with Gasteiger partial charge in [0.25, 0.3) is 0 Å². The lowest BCUT2D eigenvalue weighted by Gasteiger charge is -2.05. The molecule has 4 nitrogen and oxygen atoms in total. The first-order valence-electron chi connectivity index (χ1n) is 8.72. The van der Waals surface area contributed by atoms with E-state index in [0.717, 1.165) is 11.3 Å². The predicted octanol–water partition coefficient (Wildman–Crippen LogP) is 5.21. The summed E-state index contributed by atoms with van der Waals surface area (Å²) < 4.78 is 16.7. The number of allylic oxidation sites excluding steroid dienone is 4. The summed E-state index contributed by atoms with van der Waals surface area (Å²) >= 11 is 0. The number of methoxy groups -OCH3 is 1. The molecule has 138 valence electrons. The molecule has 0 N–H and O–H groups in total. The van der Waals surface area contributed by atoms with Crippen LogP contribution in [0.2, 0.25) is 0 Å². The van der Waals surface area contributed by atoms with Crippen molar-refractivity contribution in [2.24, 2.45) is 0 Å². The van der Waals surface area contributed by atoms with Gasteiger partial charge in [0.1, 0.15) is 23.9 Å². The number of ketones is 1. The topological polar surface area (TPSA) is 44.8 Å². The molecular weight excluding hydrogens is 340 g/mol. The largest absolute Gasteiger partial charge is 0.496 e. The second-order valence-corrected chi connectivity index (χ2v) is 6.31. The monoisotopic (exact) mass is 362 g/mol. The highest BCUT2D eigenvalue weighted by molar-refractivity contribution is 6.12. The Morgan fingerprint density at radius 3 is 2.74 bits per heavy atom.